The Bertz CT molecular complexity index is 377. The van der Waals surface area contributed by atoms with Crippen molar-refractivity contribution in [3.05, 3.63) is 23.8 Å². The minimum atomic E-state index is 0.178. The number of benzene rings is 1. The summed E-state index contributed by atoms with van der Waals surface area (Å²) in [7, 11) is 0. The molecule has 0 N–H and O–H groups in total. The van der Waals surface area contributed by atoms with Crippen LogP contribution in [0.15, 0.2) is 18.2 Å². The predicted octanol–water partition coefficient (Wildman–Crippen LogP) is 4.68. The number of alkyl halides is 1. The van der Waals surface area contributed by atoms with Crippen LogP contribution in [-0.2, 0) is 6.42 Å². The van der Waals surface area contributed by atoms with Crippen LogP contribution in [0.1, 0.15) is 39.7 Å². The fourth-order valence-electron chi connectivity index (χ4n) is 1.72. The molecule has 0 aromatic heterocycles. The van der Waals surface area contributed by atoms with Gasteiger partial charge in [-0.3, -0.25) is 0 Å². The summed E-state index contributed by atoms with van der Waals surface area (Å²) >= 11 is 6.20. The van der Waals surface area contributed by atoms with Gasteiger partial charge in [0.25, 0.3) is 0 Å². The Hall–Kier alpha value is -0.890. The zero-order valence-corrected chi connectivity index (χ0v) is 13.2. The van der Waals surface area contributed by atoms with E-state index in [-0.39, 0.29) is 5.38 Å². The van der Waals surface area contributed by atoms with E-state index in [0.717, 1.165) is 24.3 Å². The Balaban J connectivity index is 2.81. The second-order valence-electron chi connectivity index (χ2n) is 5.13. The molecule has 0 amide bonds. The zero-order valence-electron chi connectivity index (χ0n) is 12.4. The number of hydrogen-bond acceptors (Lipinski definition) is 2. The summed E-state index contributed by atoms with van der Waals surface area (Å²) < 4.78 is 11.4. The van der Waals surface area contributed by atoms with Crippen LogP contribution in [0, 0.1) is 5.92 Å². The zero-order chi connectivity index (χ0) is 14.3. The standard InChI is InChI=1S/C16H25ClO2/c1-5-14(17)9-13-7-8-15(19-11-12(3)4)16(10-13)18-6-2/h7-8,10,12,14H,5-6,9,11H2,1-4H3. The summed E-state index contributed by atoms with van der Waals surface area (Å²) in [4.78, 5) is 0. The van der Waals surface area contributed by atoms with E-state index in [9.17, 15) is 0 Å². The third kappa shape index (κ3) is 5.73. The Labute approximate surface area is 122 Å². The van der Waals surface area contributed by atoms with Crippen LogP contribution in [0.25, 0.3) is 0 Å². The molecule has 1 unspecified atom stereocenters. The van der Waals surface area contributed by atoms with E-state index in [0.29, 0.717) is 19.1 Å². The molecule has 0 aliphatic carbocycles. The van der Waals surface area contributed by atoms with Crippen molar-refractivity contribution in [3.63, 3.8) is 0 Å². The molecule has 0 radical (unpaired) electrons. The monoisotopic (exact) mass is 284 g/mol. The van der Waals surface area contributed by atoms with Gasteiger partial charge in [0.05, 0.1) is 13.2 Å². The fourth-order valence-corrected chi connectivity index (χ4v) is 1.90. The van der Waals surface area contributed by atoms with E-state index < -0.39 is 0 Å². The molecule has 0 bridgehead atoms. The molecular weight excluding hydrogens is 260 g/mol. The molecule has 0 spiro atoms. The van der Waals surface area contributed by atoms with Gasteiger partial charge in [0.1, 0.15) is 0 Å². The molecule has 0 aliphatic rings. The summed E-state index contributed by atoms with van der Waals surface area (Å²) in [5.41, 5.74) is 1.20. The van der Waals surface area contributed by atoms with Crippen molar-refractivity contribution in [3.8, 4) is 11.5 Å². The molecule has 1 aromatic rings. The summed E-state index contributed by atoms with van der Waals surface area (Å²) in [5, 5.41) is 0.178. The first-order valence-electron chi connectivity index (χ1n) is 7.09. The van der Waals surface area contributed by atoms with E-state index in [4.69, 9.17) is 21.1 Å². The minimum absolute atomic E-state index is 0.178. The van der Waals surface area contributed by atoms with Crippen molar-refractivity contribution in [2.45, 2.75) is 45.9 Å². The molecular formula is C16H25ClO2. The van der Waals surface area contributed by atoms with Crippen molar-refractivity contribution < 1.29 is 9.47 Å². The van der Waals surface area contributed by atoms with Crippen molar-refractivity contribution in [1.82, 2.24) is 0 Å². The summed E-state index contributed by atoms with van der Waals surface area (Å²) in [6, 6.07) is 6.11. The van der Waals surface area contributed by atoms with Crippen LogP contribution in [0.4, 0.5) is 0 Å². The molecule has 2 nitrogen and oxygen atoms in total. The first-order chi connectivity index (χ1) is 9.06. The van der Waals surface area contributed by atoms with Gasteiger partial charge in [0.15, 0.2) is 11.5 Å². The van der Waals surface area contributed by atoms with Crippen LogP contribution in [0.2, 0.25) is 0 Å². The van der Waals surface area contributed by atoms with Gasteiger partial charge in [-0.2, -0.15) is 0 Å². The lowest BCUT2D eigenvalue weighted by Gasteiger charge is -2.15. The van der Waals surface area contributed by atoms with Gasteiger partial charge in [-0.05, 0) is 43.4 Å². The summed E-state index contributed by atoms with van der Waals surface area (Å²) in [5.74, 6) is 2.14. The average molecular weight is 285 g/mol. The molecule has 0 aliphatic heterocycles. The van der Waals surface area contributed by atoms with E-state index in [1.807, 2.05) is 19.1 Å². The van der Waals surface area contributed by atoms with Crippen molar-refractivity contribution in [2.75, 3.05) is 13.2 Å². The van der Waals surface area contributed by atoms with Crippen LogP contribution in [0.3, 0.4) is 0 Å². The van der Waals surface area contributed by atoms with Crippen LogP contribution < -0.4 is 9.47 Å². The lowest BCUT2D eigenvalue weighted by molar-refractivity contribution is 0.248. The largest absolute Gasteiger partial charge is 0.490 e. The highest BCUT2D eigenvalue weighted by Gasteiger charge is 2.10. The normalized spacial score (nSPS) is 12.5. The van der Waals surface area contributed by atoms with Crippen molar-refractivity contribution in [2.24, 2.45) is 5.92 Å². The van der Waals surface area contributed by atoms with Gasteiger partial charge in [0, 0.05) is 5.38 Å². The summed E-state index contributed by atoms with van der Waals surface area (Å²) in [6.07, 6.45) is 1.83. The van der Waals surface area contributed by atoms with Gasteiger partial charge < -0.3 is 9.47 Å². The molecule has 3 heteroatoms. The molecule has 108 valence electrons. The Morgan fingerprint density at radius 1 is 1.11 bits per heavy atom. The Kier molecular flexibility index (Phi) is 7.07. The van der Waals surface area contributed by atoms with Crippen LogP contribution in [-0.4, -0.2) is 18.6 Å². The Morgan fingerprint density at radius 2 is 1.84 bits per heavy atom. The van der Waals surface area contributed by atoms with Gasteiger partial charge >= 0.3 is 0 Å². The van der Waals surface area contributed by atoms with E-state index in [1.54, 1.807) is 0 Å². The SMILES string of the molecule is CCOc1cc(CC(Cl)CC)ccc1OCC(C)C. The van der Waals surface area contributed by atoms with Crippen molar-refractivity contribution in [1.29, 1.82) is 0 Å². The molecule has 0 saturated heterocycles. The molecule has 0 heterocycles. The highest BCUT2D eigenvalue weighted by Crippen LogP contribution is 2.30. The van der Waals surface area contributed by atoms with Gasteiger partial charge in [0.2, 0.25) is 0 Å². The third-order valence-corrected chi connectivity index (χ3v) is 3.24. The maximum absolute atomic E-state index is 6.20. The van der Waals surface area contributed by atoms with Gasteiger partial charge in [-0.1, -0.05) is 26.8 Å². The first kappa shape index (κ1) is 16.2. The third-order valence-electron chi connectivity index (χ3n) is 2.78. The Morgan fingerprint density at radius 3 is 2.42 bits per heavy atom. The number of halogens is 1. The number of ether oxygens (including phenoxy) is 2. The predicted molar refractivity (Wildman–Crippen MR) is 81.6 cm³/mol. The van der Waals surface area contributed by atoms with Gasteiger partial charge in [-0.15, -0.1) is 11.6 Å². The topological polar surface area (TPSA) is 18.5 Å². The van der Waals surface area contributed by atoms with E-state index >= 15 is 0 Å². The highest BCUT2D eigenvalue weighted by molar-refractivity contribution is 6.20. The maximum atomic E-state index is 6.20. The van der Waals surface area contributed by atoms with Crippen LogP contribution in [0.5, 0.6) is 11.5 Å². The minimum Gasteiger partial charge on any atom is -0.490 e. The number of hydrogen-bond donors (Lipinski definition) is 0. The second kappa shape index (κ2) is 8.31. The molecule has 1 aromatic carbocycles. The molecule has 1 atom stereocenters. The molecule has 0 fully saturated rings. The lowest BCUT2D eigenvalue weighted by atomic mass is 10.1. The van der Waals surface area contributed by atoms with E-state index in [1.165, 1.54) is 5.56 Å². The van der Waals surface area contributed by atoms with Gasteiger partial charge in [-0.25, -0.2) is 0 Å². The maximum Gasteiger partial charge on any atom is 0.161 e. The lowest BCUT2D eigenvalue weighted by Crippen LogP contribution is -2.07. The van der Waals surface area contributed by atoms with Crippen LogP contribution >= 0.6 is 11.6 Å². The average Bonchev–Trinajstić information content (AvgIpc) is 2.38. The fraction of sp³-hybridized carbons (Fsp3) is 0.625. The summed E-state index contributed by atoms with van der Waals surface area (Å²) in [6.45, 7) is 9.69. The molecule has 1 rings (SSSR count). The first-order valence-corrected chi connectivity index (χ1v) is 7.53. The van der Waals surface area contributed by atoms with Crippen molar-refractivity contribution >= 4 is 11.6 Å². The molecule has 19 heavy (non-hydrogen) atoms. The second-order valence-corrected chi connectivity index (χ2v) is 5.75. The van der Waals surface area contributed by atoms with E-state index in [2.05, 4.69) is 26.8 Å². The smallest absolute Gasteiger partial charge is 0.161 e. The highest BCUT2D eigenvalue weighted by atomic mass is 35.5. The number of rotatable bonds is 8. The molecule has 0 saturated carbocycles. The quantitative estimate of drug-likeness (QED) is 0.645.